The molecule has 1 aromatic rings. The Balaban J connectivity index is 1.80. The second-order valence-electron chi connectivity index (χ2n) is 5.85. The van der Waals surface area contributed by atoms with Crippen molar-refractivity contribution < 1.29 is 14.0 Å². The van der Waals surface area contributed by atoms with Gasteiger partial charge in [0.15, 0.2) is 0 Å². The third kappa shape index (κ3) is 2.47. The first kappa shape index (κ1) is 15.3. The second kappa shape index (κ2) is 5.53. The summed E-state index contributed by atoms with van der Waals surface area (Å²) < 4.78 is 14.6. The summed E-state index contributed by atoms with van der Waals surface area (Å²) in [6.07, 6.45) is 0. The molecule has 2 aliphatic rings. The van der Waals surface area contributed by atoms with Crippen LogP contribution in [-0.4, -0.2) is 58.9 Å². The number of amides is 3. The number of fused-ring (bicyclic) bond motifs is 1. The summed E-state index contributed by atoms with van der Waals surface area (Å²) in [6, 6.07) is 4.14. The summed E-state index contributed by atoms with van der Waals surface area (Å²) in [5.41, 5.74) is 0.476. The molecule has 22 heavy (non-hydrogen) atoms. The van der Waals surface area contributed by atoms with Gasteiger partial charge in [-0.1, -0.05) is 22.0 Å². The molecule has 2 atom stereocenters. The van der Waals surface area contributed by atoms with Crippen molar-refractivity contribution in [3.05, 3.63) is 34.1 Å². The molecule has 3 amide bonds. The minimum atomic E-state index is -0.462. The zero-order chi connectivity index (χ0) is 16.0. The van der Waals surface area contributed by atoms with Crippen LogP contribution in [0.2, 0.25) is 0 Å². The molecule has 0 spiro atoms. The van der Waals surface area contributed by atoms with Crippen LogP contribution in [0, 0.1) is 5.82 Å². The molecule has 0 aliphatic carbocycles. The van der Waals surface area contributed by atoms with Crippen molar-refractivity contribution in [1.82, 2.24) is 14.7 Å². The fourth-order valence-corrected chi connectivity index (χ4v) is 3.53. The van der Waals surface area contributed by atoms with E-state index in [1.807, 2.05) is 0 Å². The summed E-state index contributed by atoms with van der Waals surface area (Å²) in [5, 5.41) is 0. The van der Waals surface area contributed by atoms with E-state index in [1.165, 1.54) is 6.07 Å². The highest BCUT2D eigenvalue weighted by Gasteiger charge is 2.46. The zero-order valence-corrected chi connectivity index (χ0v) is 14.0. The van der Waals surface area contributed by atoms with E-state index in [4.69, 9.17) is 0 Å². The van der Waals surface area contributed by atoms with Gasteiger partial charge in [0, 0.05) is 30.2 Å². The normalized spacial score (nSPS) is 25.0. The first-order valence-corrected chi connectivity index (χ1v) is 7.94. The van der Waals surface area contributed by atoms with Crippen molar-refractivity contribution in [2.75, 3.05) is 20.1 Å². The largest absolute Gasteiger partial charge is 0.342 e. The minimum Gasteiger partial charge on any atom is -0.342 e. The van der Waals surface area contributed by atoms with Crippen molar-refractivity contribution in [1.29, 1.82) is 0 Å². The monoisotopic (exact) mass is 369 g/mol. The fraction of sp³-hybridized carbons (Fsp3) is 0.467. The van der Waals surface area contributed by atoms with Gasteiger partial charge in [0.05, 0.1) is 12.6 Å². The molecule has 2 fully saturated rings. The molecule has 0 bridgehead atoms. The lowest BCUT2D eigenvalue weighted by atomic mass is 10.1. The number of likely N-dealkylation sites (N-methyl/N-ethyl adjacent to an activating group) is 1. The van der Waals surface area contributed by atoms with E-state index < -0.39 is 6.04 Å². The molecule has 0 aromatic heterocycles. The van der Waals surface area contributed by atoms with Crippen LogP contribution >= 0.6 is 15.9 Å². The van der Waals surface area contributed by atoms with Crippen LogP contribution in [0.4, 0.5) is 9.18 Å². The van der Waals surface area contributed by atoms with Gasteiger partial charge < -0.3 is 14.7 Å². The second-order valence-corrected chi connectivity index (χ2v) is 6.77. The molecule has 1 aromatic carbocycles. The average molecular weight is 370 g/mol. The molecular weight excluding hydrogens is 353 g/mol. The number of urea groups is 1. The zero-order valence-electron chi connectivity index (χ0n) is 12.4. The third-order valence-electron chi connectivity index (χ3n) is 4.33. The average Bonchev–Trinajstić information content (AvgIpc) is 2.76. The smallest absolute Gasteiger partial charge is 0.321 e. The van der Waals surface area contributed by atoms with Crippen molar-refractivity contribution in [3.8, 4) is 0 Å². The Hall–Kier alpha value is -1.63. The lowest BCUT2D eigenvalue weighted by Crippen LogP contribution is -2.58. The molecule has 3 rings (SSSR count). The Morgan fingerprint density at radius 3 is 2.73 bits per heavy atom. The lowest BCUT2D eigenvalue weighted by Gasteiger charge is -2.38. The van der Waals surface area contributed by atoms with E-state index in [0.29, 0.717) is 23.1 Å². The Labute approximate surface area is 136 Å². The molecule has 7 heteroatoms. The van der Waals surface area contributed by atoms with E-state index in [9.17, 15) is 14.0 Å². The number of piperazine rings is 1. The van der Waals surface area contributed by atoms with Gasteiger partial charge >= 0.3 is 6.03 Å². The van der Waals surface area contributed by atoms with Gasteiger partial charge in [-0.05, 0) is 19.1 Å². The first-order valence-electron chi connectivity index (χ1n) is 7.14. The number of halogens is 2. The molecule has 0 saturated carbocycles. The van der Waals surface area contributed by atoms with Crippen LogP contribution in [-0.2, 0) is 11.3 Å². The molecule has 0 unspecified atom stereocenters. The number of benzene rings is 1. The summed E-state index contributed by atoms with van der Waals surface area (Å²) in [6.45, 7) is 2.99. The van der Waals surface area contributed by atoms with Crippen LogP contribution in [0.5, 0.6) is 0 Å². The van der Waals surface area contributed by atoms with Gasteiger partial charge in [-0.2, -0.15) is 0 Å². The molecule has 2 saturated heterocycles. The van der Waals surface area contributed by atoms with Gasteiger partial charge in [0.1, 0.15) is 11.9 Å². The van der Waals surface area contributed by atoms with E-state index in [-0.39, 0.29) is 30.3 Å². The van der Waals surface area contributed by atoms with Gasteiger partial charge in [-0.15, -0.1) is 0 Å². The summed E-state index contributed by atoms with van der Waals surface area (Å²) in [7, 11) is 1.75. The van der Waals surface area contributed by atoms with Gasteiger partial charge in [0.2, 0.25) is 5.91 Å². The van der Waals surface area contributed by atoms with E-state index >= 15 is 0 Å². The number of nitrogens with zero attached hydrogens (tertiary/aromatic N) is 3. The van der Waals surface area contributed by atoms with Gasteiger partial charge in [0.25, 0.3) is 0 Å². The summed E-state index contributed by atoms with van der Waals surface area (Å²) in [5.74, 6) is -0.394. The number of carbonyl (C=O) groups is 2. The highest BCUT2D eigenvalue weighted by molar-refractivity contribution is 9.10. The van der Waals surface area contributed by atoms with E-state index in [0.717, 1.165) is 0 Å². The third-order valence-corrected chi connectivity index (χ3v) is 4.82. The van der Waals surface area contributed by atoms with Crippen molar-refractivity contribution in [2.45, 2.75) is 25.6 Å². The predicted molar refractivity (Wildman–Crippen MR) is 82.6 cm³/mol. The fourth-order valence-electron chi connectivity index (χ4n) is 3.20. The SMILES string of the molecule is C[C@H]1C(=O)N(C)C[C@@H]2CN(Cc3ccc(Br)cc3F)C(=O)N21. The Bertz CT molecular complexity index is 639. The molecule has 2 aliphatic heterocycles. The molecule has 118 valence electrons. The Morgan fingerprint density at radius 1 is 1.32 bits per heavy atom. The maximum absolute atomic E-state index is 14.0. The number of hydrogen-bond donors (Lipinski definition) is 0. The summed E-state index contributed by atoms with van der Waals surface area (Å²) in [4.78, 5) is 29.4. The van der Waals surface area contributed by atoms with Crippen LogP contribution < -0.4 is 0 Å². The van der Waals surface area contributed by atoms with Crippen molar-refractivity contribution in [3.63, 3.8) is 0 Å². The maximum Gasteiger partial charge on any atom is 0.321 e. The first-order chi connectivity index (χ1) is 10.4. The molecule has 2 heterocycles. The standard InChI is InChI=1S/C15H17BrFN3O2/c1-9-14(21)18(2)7-12-8-19(15(22)20(9)12)6-10-3-4-11(16)5-13(10)17/h3-5,9,12H,6-8H2,1-2H3/t9-,12+/m0/s1. The Morgan fingerprint density at radius 2 is 2.05 bits per heavy atom. The van der Waals surface area contributed by atoms with Crippen LogP contribution in [0.25, 0.3) is 0 Å². The molecule has 5 nitrogen and oxygen atoms in total. The quantitative estimate of drug-likeness (QED) is 0.800. The lowest BCUT2D eigenvalue weighted by molar-refractivity contribution is -0.139. The topological polar surface area (TPSA) is 43.9 Å². The van der Waals surface area contributed by atoms with Crippen molar-refractivity contribution in [2.24, 2.45) is 0 Å². The number of hydrogen-bond acceptors (Lipinski definition) is 2. The minimum absolute atomic E-state index is 0.0243. The Kier molecular flexibility index (Phi) is 3.84. The predicted octanol–water partition coefficient (Wildman–Crippen LogP) is 2.05. The highest BCUT2D eigenvalue weighted by atomic mass is 79.9. The highest BCUT2D eigenvalue weighted by Crippen LogP contribution is 2.27. The number of carbonyl (C=O) groups excluding carboxylic acids is 2. The van der Waals surface area contributed by atoms with Gasteiger partial charge in [-0.25, -0.2) is 9.18 Å². The van der Waals surface area contributed by atoms with Crippen LogP contribution in [0.1, 0.15) is 12.5 Å². The summed E-state index contributed by atoms with van der Waals surface area (Å²) >= 11 is 3.22. The van der Waals surface area contributed by atoms with Crippen LogP contribution in [0.15, 0.2) is 22.7 Å². The van der Waals surface area contributed by atoms with Crippen LogP contribution in [0.3, 0.4) is 0 Å². The van der Waals surface area contributed by atoms with E-state index in [2.05, 4.69) is 15.9 Å². The van der Waals surface area contributed by atoms with E-state index in [1.54, 1.807) is 40.8 Å². The molecular formula is C15H17BrFN3O2. The maximum atomic E-state index is 14.0. The number of rotatable bonds is 2. The van der Waals surface area contributed by atoms with Gasteiger partial charge in [-0.3, -0.25) is 4.79 Å². The molecule has 0 N–H and O–H groups in total. The molecule has 0 radical (unpaired) electrons. The van der Waals surface area contributed by atoms with Crippen molar-refractivity contribution >= 4 is 27.9 Å².